The van der Waals surface area contributed by atoms with Crippen molar-refractivity contribution >= 4 is 28.9 Å². The Balaban J connectivity index is 1.84. The number of anilines is 1. The van der Waals surface area contributed by atoms with Gasteiger partial charge in [-0.25, -0.2) is 9.78 Å². The van der Waals surface area contributed by atoms with Crippen LogP contribution in [0.2, 0.25) is 0 Å². The molecule has 9 heteroatoms. The zero-order valence-corrected chi connectivity index (χ0v) is 21.3. The topological polar surface area (TPSA) is 104 Å². The van der Waals surface area contributed by atoms with Crippen molar-refractivity contribution in [1.29, 1.82) is 0 Å². The second-order valence-corrected chi connectivity index (χ2v) is 8.87. The predicted molar refractivity (Wildman–Crippen MR) is 136 cm³/mol. The van der Waals surface area contributed by atoms with Crippen molar-refractivity contribution in [2.75, 3.05) is 33.1 Å². The highest BCUT2D eigenvalue weighted by Gasteiger charge is 2.22. The van der Waals surface area contributed by atoms with E-state index in [1.54, 1.807) is 43.6 Å². The number of aryl methyl sites for hydroxylation is 1. The third-order valence-electron chi connectivity index (χ3n) is 5.49. The number of hydrogen-bond donors (Lipinski definition) is 1. The molecule has 3 aromatic rings. The number of ether oxygens (including phenoxy) is 3. The average molecular weight is 498 g/mol. The van der Waals surface area contributed by atoms with Crippen molar-refractivity contribution in [3.8, 4) is 11.5 Å². The van der Waals surface area contributed by atoms with Crippen LogP contribution >= 0.6 is 11.3 Å². The largest absolute Gasteiger partial charge is 0.496 e. The average Bonchev–Trinajstić information content (AvgIpc) is 3.32. The molecule has 1 amide bonds. The smallest absolute Gasteiger partial charge is 0.357 e. The number of carbonyl (C=O) groups excluding carboxylic acids is 2. The van der Waals surface area contributed by atoms with Gasteiger partial charge in [0, 0.05) is 28.7 Å². The predicted octanol–water partition coefficient (Wildman–Crippen LogP) is 4.50. The Labute approximate surface area is 209 Å². The number of nitrogens with zero attached hydrogens (tertiary/aromatic N) is 2. The van der Waals surface area contributed by atoms with Gasteiger partial charge in [-0.2, -0.15) is 0 Å². The molecule has 0 aliphatic rings. The van der Waals surface area contributed by atoms with Crippen LogP contribution < -0.4 is 15.2 Å². The maximum Gasteiger partial charge on any atom is 0.357 e. The summed E-state index contributed by atoms with van der Waals surface area (Å²) in [6, 6.07) is 11.2. The van der Waals surface area contributed by atoms with Crippen LogP contribution in [-0.2, 0) is 17.7 Å². The number of aromatic nitrogens is 1. The molecular formula is C26H31N3O5S. The van der Waals surface area contributed by atoms with E-state index in [1.165, 1.54) is 11.3 Å². The molecule has 0 spiro atoms. The molecule has 0 unspecified atom stereocenters. The maximum absolute atomic E-state index is 13.6. The summed E-state index contributed by atoms with van der Waals surface area (Å²) >= 11 is 1.32. The van der Waals surface area contributed by atoms with Gasteiger partial charge in [-0.3, -0.25) is 4.79 Å². The summed E-state index contributed by atoms with van der Waals surface area (Å²) in [5.74, 6) is 0.502. The normalized spacial score (nSPS) is 10.6. The van der Waals surface area contributed by atoms with Gasteiger partial charge in [-0.1, -0.05) is 12.1 Å². The van der Waals surface area contributed by atoms with Crippen LogP contribution in [-0.4, -0.2) is 49.1 Å². The molecule has 0 saturated heterocycles. The molecule has 35 heavy (non-hydrogen) atoms. The monoisotopic (exact) mass is 497 g/mol. The Bertz CT molecular complexity index is 1150. The Morgan fingerprint density at radius 3 is 2.46 bits per heavy atom. The molecule has 2 N–H and O–H groups in total. The second kappa shape index (κ2) is 12.2. The number of esters is 1. The highest BCUT2D eigenvalue weighted by Crippen LogP contribution is 2.30. The summed E-state index contributed by atoms with van der Waals surface area (Å²) < 4.78 is 15.9. The lowest BCUT2D eigenvalue weighted by Gasteiger charge is -2.23. The number of methoxy groups -OCH3 is 2. The molecule has 0 atom stereocenters. The standard InChI is InChI=1S/C26H31N3O5S/c1-5-34-26(31)21-16-35-24(28-21)15-29(11-7-9-18-8-6-10-20(27)12-18)25(30)19-13-22(32-3)17(2)23(14-19)33-4/h6,8,10,12-14,16H,5,7,9,11,15,27H2,1-4H3. The molecule has 2 aromatic carbocycles. The van der Waals surface area contributed by atoms with E-state index in [2.05, 4.69) is 4.98 Å². The summed E-state index contributed by atoms with van der Waals surface area (Å²) in [7, 11) is 3.12. The van der Waals surface area contributed by atoms with Crippen LogP contribution in [0.1, 0.15) is 50.3 Å². The van der Waals surface area contributed by atoms with Crippen LogP contribution in [0, 0.1) is 6.92 Å². The van der Waals surface area contributed by atoms with Crippen LogP contribution in [0.4, 0.5) is 5.69 Å². The Kier molecular flexibility index (Phi) is 9.08. The molecule has 1 aromatic heterocycles. The van der Waals surface area contributed by atoms with E-state index in [4.69, 9.17) is 19.9 Å². The van der Waals surface area contributed by atoms with Crippen LogP contribution in [0.5, 0.6) is 11.5 Å². The minimum atomic E-state index is -0.470. The van der Waals surface area contributed by atoms with E-state index in [9.17, 15) is 9.59 Å². The highest BCUT2D eigenvalue weighted by atomic mass is 32.1. The molecule has 186 valence electrons. The second-order valence-electron chi connectivity index (χ2n) is 7.93. The molecular weight excluding hydrogens is 466 g/mol. The van der Waals surface area contributed by atoms with E-state index in [0.29, 0.717) is 34.3 Å². The number of nitrogen functional groups attached to an aromatic ring is 1. The van der Waals surface area contributed by atoms with Gasteiger partial charge in [-0.05, 0) is 56.5 Å². The van der Waals surface area contributed by atoms with E-state index in [-0.39, 0.29) is 24.8 Å². The fraction of sp³-hybridized carbons (Fsp3) is 0.346. The number of amides is 1. The molecule has 0 aliphatic carbocycles. The van der Waals surface area contributed by atoms with Gasteiger partial charge in [-0.15, -0.1) is 11.3 Å². The third-order valence-corrected chi connectivity index (χ3v) is 6.33. The summed E-state index contributed by atoms with van der Waals surface area (Å²) in [5, 5.41) is 2.30. The number of rotatable bonds is 11. The first-order chi connectivity index (χ1) is 16.9. The summed E-state index contributed by atoms with van der Waals surface area (Å²) in [6.07, 6.45) is 1.49. The number of carbonyl (C=O) groups is 2. The Hall–Kier alpha value is -3.59. The minimum absolute atomic E-state index is 0.179. The van der Waals surface area contributed by atoms with Gasteiger partial charge in [0.2, 0.25) is 0 Å². The lowest BCUT2D eigenvalue weighted by Crippen LogP contribution is -2.32. The summed E-state index contributed by atoms with van der Waals surface area (Å²) in [5.41, 5.74) is 9.24. The first-order valence-corrected chi connectivity index (χ1v) is 12.2. The van der Waals surface area contributed by atoms with Crippen LogP contribution in [0.3, 0.4) is 0 Å². The van der Waals surface area contributed by atoms with E-state index < -0.39 is 5.97 Å². The number of hydrogen-bond acceptors (Lipinski definition) is 8. The Morgan fingerprint density at radius 1 is 1.11 bits per heavy atom. The lowest BCUT2D eigenvalue weighted by atomic mass is 10.1. The molecule has 0 bridgehead atoms. The molecule has 0 aliphatic heterocycles. The number of nitrogens with two attached hydrogens (primary N) is 1. The summed E-state index contributed by atoms with van der Waals surface area (Å²) in [6.45, 7) is 4.65. The van der Waals surface area contributed by atoms with Gasteiger partial charge in [0.1, 0.15) is 16.5 Å². The van der Waals surface area contributed by atoms with E-state index >= 15 is 0 Å². The summed E-state index contributed by atoms with van der Waals surface area (Å²) in [4.78, 5) is 31.8. The van der Waals surface area contributed by atoms with Crippen LogP contribution in [0.15, 0.2) is 41.8 Å². The lowest BCUT2D eigenvalue weighted by molar-refractivity contribution is 0.0520. The molecule has 0 fully saturated rings. The van der Waals surface area contributed by atoms with Crippen LogP contribution in [0.25, 0.3) is 0 Å². The number of benzene rings is 2. The quantitative estimate of drug-likeness (QED) is 0.307. The van der Waals surface area contributed by atoms with Gasteiger partial charge in [0.15, 0.2) is 5.69 Å². The molecule has 0 radical (unpaired) electrons. The molecule has 3 rings (SSSR count). The van der Waals surface area contributed by atoms with Crippen molar-refractivity contribution in [2.45, 2.75) is 33.2 Å². The fourth-order valence-electron chi connectivity index (χ4n) is 3.71. The highest BCUT2D eigenvalue weighted by molar-refractivity contribution is 7.09. The van der Waals surface area contributed by atoms with E-state index in [1.807, 2.05) is 31.2 Å². The molecule has 8 nitrogen and oxygen atoms in total. The zero-order valence-electron chi connectivity index (χ0n) is 20.5. The van der Waals surface area contributed by atoms with Gasteiger partial charge < -0.3 is 24.8 Å². The van der Waals surface area contributed by atoms with Crippen molar-refractivity contribution in [1.82, 2.24) is 9.88 Å². The maximum atomic E-state index is 13.6. The number of thiazole rings is 1. The first kappa shape index (κ1) is 26.0. The van der Waals surface area contributed by atoms with E-state index in [0.717, 1.165) is 24.0 Å². The van der Waals surface area contributed by atoms with Gasteiger partial charge >= 0.3 is 5.97 Å². The van der Waals surface area contributed by atoms with Gasteiger partial charge in [0.05, 0.1) is 27.4 Å². The SMILES string of the molecule is CCOC(=O)c1csc(CN(CCCc2cccc(N)c2)C(=O)c2cc(OC)c(C)c(OC)c2)n1. The minimum Gasteiger partial charge on any atom is -0.496 e. The van der Waals surface area contributed by atoms with Crippen molar-refractivity contribution < 1.29 is 23.8 Å². The molecule has 1 heterocycles. The van der Waals surface area contributed by atoms with Gasteiger partial charge in [0.25, 0.3) is 5.91 Å². The van der Waals surface area contributed by atoms with Crippen molar-refractivity contribution in [3.63, 3.8) is 0 Å². The first-order valence-electron chi connectivity index (χ1n) is 11.3. The Morgan fingerprint density at radius 2 is 1.83 bits per heavy atom. The molecule has 0 saturated carbocycles. The van der Waals surface area contributed by atoms with Crippen molar-refractivity contribution in [3.05, 3.63) is 69.2 Å². The van der Waals surface area contributed by atoms with Crippen molar-refractivity contribution in [2.24, 2.45) is 0 Å². The fourth-order valence-corrected chi connectivity index (χ4v) is 4.49. The third kappa shape index (κ3) is 6.73. The zero-order chi connectivity index (χ0) is 25.4.